The van der Waals surface area contributed by atoms with E-state index in [9.17, 15) is 4.39 Å². The van der Waals surface area contributed by atoms with Gasteiger partial charge in [0.15, 0.2) is 0 Å². The van der Waals surface area contributed by atoms with Crippen LogP contribution in [0.2, 0.25) is 0 Å². The molecule has 0 saturated heterocycles. The second kappa shape index (κ2) is 7.36. The second-order valence-corrected chi connectivity index (χ2v) is 5.33. The number of aromatic amines is 1. The van der Waals surface area contributed by atoms with E-state index in [-0.39, 0.29) is 5.82 Å². The van der Waals surface area contributed by atoms with Gasteiger partial charge in [-0.15, -0.1) is 0 Å². The maximum atomic E-state index is 13.2. The number of halogens is 1. The molecular formula is C17H24FN3. The molecule has 1 heterocycles. The van der Waals surface area contributed by atoms with Crippen molar-refractivity contribution >= 4 is 0 Å². The van der Waals surface area contributed by atoms with Crippen molar-refractivity contribution in [2.45, 2.75) is 51.5 Å². The van der Waals surface area contributed by atoms with Crippen molar-refractivity contribution in [2.24, 2.45) is 5.73 Å². The van der Waals surface area contributed by atoms with Gasteiger partial charge in [0.2, 0.25) is 0 Å². The second-order valence-electron chi connectivity index (χ2n) is 5.33. The summed E-state index contributed by atoms with van der Waals surface area (Å²) in [5, 5.41) is 7.39. The van der Waals surface area contributed by atoms with Crippen LogP contribution in [0.1, 0.15) is 51.1 Å². The Labute approximate surface area is 125 Å². The molecule has 1 aliphatic rings. The van der Waals surface area contributed by atoms with Crippen LogP contribution in [0.25, 0.3) is 11.3 Å². The Morgan fingerprint density at radius 3 is 2.52 bits per heavy atom. The highest BCUT2D eigenvalue weighted by Gasteiger charge is 2.21. The van der Waals surface area contributed by atoms with Crippen LogP contribution in [-0.4, -0.2) is 16.2 Å². The Hall–Kier alpha value is -1.68. The van der Waals surface area contributed by atoms with E-state index in [4.69, 9.17) is 5.73 Å². The largest absolute Gasteiger partial charge is 0.328 e. The molecule has 1 saturated carbocycles. The number of hydrogen-bond acceptors (Lipinski definition) is 2. The average molecular weight is 289 g/mol. The van der Waals surface area contributed by atoms with Gasteiger partial charge in [0.1, 0.15) is 5.82 Å². The number of rotatable bonds is 2. The van der Waals surface area contributed by atoms with Crippen molar-refractivity contribution in [2.75, 3.05) is 0 Å². The summed E-state index contributed by atoms with van der Waals surface area (Å²) in [6.45, 7) is 4.00. The van der Waals surface area contributed by atoms with Crippen LogP contribution in [-0.2, 0) is 0 Å². The average Bonchev–Trinajstić information content (AvgIpc) is 3.00. The first-order chi connectivity index (χ1) is 10.2. The topological polar surface area (TPSA) is 54.7 Å². The van der Waals surface area contributed by atoms with E-state index < -0.39 is 0 Å². The molecule has 1 aromatic carbocycles. The van der Waals surface area contributed by atoms with Gasteiger partial charge in [0.25, 0.3) is 0 Å². The van der Waals surface area contributed by atoms with E-state index in [1.165, 1.54) is 12.1 Å². The standard InChI is InChI=1S/C15H18FN3.C2H6/c16-12-3-1-2-11(8-12)15-9-14(18-19-15)10-4-6-13(17)7-5-10;1-2/h1-3,8-10,13H,4-7,17H2,(H,18,19);1-2H3. The fourth-order valence-corrected chi connectivity index (χ4v) is 2.77. The maximum Gasteiger partial charge on any atom is 0.123 e. The van der Waals surface area contributed by atoms with Crippen molar-refractivity contribution in [3.8, 4) is 11.3 Å². The van der Waals surface area contributed by atoms with E-state index in [0.717, 1.165) is 42.6 Å². The molecule has 0 amide bonds. The molecule has 21 heavy (non-hydrogen) atoms. The van der Waals surface area contributed by atoms with Crippen molar-refractivity contribution in [3.05, 3.63) is 41.8 Å². The van der Waals surface area contributed by atoms with Gasteiger partial charge in [-0.25, -0.2) is 4.39 Å². The van der Waals surface area contributed by atoms with Crippen LogP contribution >= 0.6 is 0 Å². The van der Waals surface area contributed by atoms with Gasteiger partial charge in [0, 0.05) is 23.2 Å². The van der Waals surface area contributed by atoms with Gasteiger partial charge >= 0.3 is 0 Å². The number of nitrogens with one attached hydrogen (secondary N) is 1. The fraction of sp³-hybridized carbons (Fsp3) is 0.471. The molecule has 0 atom stereocenters. The molecule has 3 rings (SSSR count). The third-order valence-corrected chi connectivity index (χ3v) is 3.93. The van der Waals surface area contributed by atoms with E-state index >= 15 is 0 Å². The zero-order valence-corrected chi connectivity index (χ0v) is 12.8. The maximum absolute atomic E-state index is 13.2. The summed E-state index contributed by atoms with van der Waals surface area (Å²) in [7, 11) is 0. The fourth-order valence-electron chi connectivity index (χ4n) is 2.77. The predicted molar refractivity (Wildman–Crippen MR) is 84.5 cm³/mol. The molecule has 0 unspecified atom stereocenters. The first-order valence-electron chi connectivity index (χ1n) is 7.79. The molecule has 3 N–H and O–H groups in total. The van der Waals surface area contributed by atoms with Gasteiger partial charge in [-0.05, 0) is 43.9 Å². The summed E-state index contributed by atoms with van der Waals surface area (Å²) >= 11 is 0. The molecule has 2 aromatic rings. The highest BCUT2D eigenvalue weighted by atomic mass is 19.1. The van der Waals surface area contributed by atoms with E-state index in [2.05, 4.69) is 10.2 Å². The Kier molecular flexibility index (Phi) is 5.51. The highest BCUT2D eigenvalue weighted by Crippen LogP contribution is 2.32. The summed E-state index contributed by atoms with van der Waals surface area (Å²) in [6, 6.07) is 8.92. The third-order valence-electron chi connectivity index (χ3n) is 3.93. The minimum atomic E-state index is -0.231. The lowest BCUT2D eigenvalue weighted by molar-refractivity contribution is 0.390. The summed E-state index contributed by atoms with van der Waals surface area (Å²) in [6.07, 6.45) is 4.34. The summed E-state index contributed by atoms with van der Waals surface area (Å²) < 4.78 is 13.2. The molecule has 1 aliphatic carbocycles. The van der Waals surface area contributed by atoms with Crippen LogP contribution in [0.4, 0.5) is 4.39 Å². The molecule has 4 heteroatoms. The molecule has 3 nitrogen and oxygen atoms in total. The molecule has 1 fully saturated rings. The minimum Gasteiger partial charge on any atom is -0.328 e. The number of hydrogen-bond donors (Lipinski definition) is 2. The lowest BCUT2D eigenvalue weighted by Crippen LogP contribution is -2.25. The summed E-state index contributed by atoms with van der Waals surface area (Å²) in [5.41, 5.74) is 8.69. The Balaban J connectivity index is 0.000000774. The van der Waals surface area contributed by atoms with Crippen LogP contribution in [0.3, 0.4) is 0 Å². The predicted octanol–water partition coefficient (Wildman–Crippen LogP) is 4.23. The Bertz CT molecular complexity index is 557. The summed E-state index contributed by atoms with van der Waals surface area (Å²) in [5.74, 6) is 0.278. The van der Waals surface area contributed by atoms with Crippen LogP contribution in [0.15, 0.2) is 30.3 Å². The smallest absolute Gasteiger partial charge is 0.123 e. The molecule has 0 spiro atoms. The lowest BCUT2D eigenvalue weighted by Gasteiger charge is -2.24. The number of nitrogens with zero attached hydrogens (tertiary/aromatic N) is 1. The zero-order chi connectivity index (χ0) is 15.2. The molecular weight excluding hydrogens is 265 g/mol. The third kappa shape index (κ3) is 3.91. The van der Waals surface area contributed by atoms with E-state index in [1.807, 2.05) is 26.0 Å². The van der Waals surface area contributed by atoms with Crippen LogP contribution in [0, 0.1) is 5.82 Å². The molecule has 0 bridgehead atoms. The van der Waals surface area contributed by atoms with E-state index in [0.29, 0.717) is 12.0 Å². The number of aromatic nitrogens is 2. The number of nitrogens with two attached hydrogens (primary N) is 1. The molecule has 0 aliphatic heterocycles. The first kappa shape index (κ1) is 15.7. The monoisotopic (exact) mass is 289 g/mol. The van der Waals surface area contributed by atoms with Crippen molar-refractivity contribution in [3.63, 3.8) is 0 Å². The van der Waals surface area contributed by atoms with Crippen LogP contribution in [0.5, 0.6) is 0 Å². The number of benzene rings is 1. The highest BCUT2D eigenvalue weighted by molar-refractivity contribution is 5.59. The summed E-state index contributed by atoms with van der Waals surface area (Å²) in [4.78, 5) is 0. The minimum absolute atomic E-state index is 0.231. The van der Waals surface area contributed by atoms with Crippen LogP contribution < -0.4 is 5.73 Å². The van der Waals surface area contributed by atoms with Crippen molar-refractivity contribution in [1.82, 2.24) is 10.2 Å². The van der Waals surface area contributed by atoms with Crippen molar-refractivity contribution in [1.29, 1.82) is 0 Å². The van der Waals surface area contributed by atoms with E-state index in [1.54, 1.807) is 6.07 Å². The molecule has 114 valence electrons. The SMILES string of the molecule is CC.NC1CCC(c2cc(-c3cccc(F)c3)n[nH]2)CC1. The van der Waals surface area contributed by atoms with Gasteiger partial charge < -0.3 is 5.73 Å². The van der Waals surface area contributed by atoms with Gasteiger partial charge in [0.05, 0.1) is 5.69 Å². The lowest BCUT2D eigenvalue weighted by atomic mass is 9.84. The molecule has 1 aromatic heterocycles. The van der Waals surface area contributed by atoms with Gasteiger partial charge in [-0.3, -0.25) is 5.10 Å². The zero-order valence-electron chi connectivity index (χ0n) is 12.8. The van der Waals surface area contributed by atoms with Gasteiger partial charge in [-0.2, -0.15) is 5.10 Å². The normalized spacial score (nSPS) is 21.5. The van der Waals surface area contributed by atoms with Gasteiger partial charge in [-0.1, -0.05) is 26.0 Å². The Morgan fingerprint density at radius 1 is 1.14 bits per heavy atom. The Morgan fingerprint density at radius 2 is 1.86 bits per heavy atom. The first-order valence-corrected chi connectivity index (χ1v) is 7.79. The van der Waals surface area contributed by atoms with Crippen molar-refractivity contribution < 1.29 is 4.39 Å². The molecule has 0 radical (unpaired) electrons. The number of H-pyrrole nitrogens is 1. The quantitative estimate of drug-likeness (QED) is 0.869.